The summed E-state index contributed by atoms with van der Waals surface area (Å²) in [5.74, 6) is 1.44. The molecule has 1 aromatic carbocycles. The highest BCUT2D eigenvalue weighted by Crippen LogP contribution is 2.32. The molecule has 0 atom stereocenters. The minimum Gasteiger partial charge on any atom is -0.353 e. The van der Waals surface area contributed by atoms with Gasteiger partial charge in [0, 0.05) is 25.4 Å². The predicted octanol–water partition coefficient (Wildman–Crippen LogP) is 4.73. The molecule has 0 radical (unpaired) electrons. The number of unbranched alkanes of at least 4 members (excludes halogenated alkanes) is 1. The van der Waals surface area contributed by atoms with E-state index in [1.54, 1.807) is 0 Å². The van der Waals surface area contributed by atoms with Crippen molar-refractivity contribution >= 4 is 22.5 Å². The predicted molar refractivity (Wildman–Crippen MR) is 138 cm³/mol. The molecule has 0 amide bonds. The lowest BCUT2D eigenvalue weighted by Crippen LogP contribution is -2.37. The Balaban J connectivity index is 1.41. The molecule has 0 bridgehead atoms. The summed E-state index contributed by atoms with van der Waals surface area (Å²) < 4.78 is 1.99. The van der Waals surface area contributed by atoms with E-state index in [4.69, 9.17) is 5.10 Å². The number of Topliss-reactive ketones (excluding diaryl/α,β-unsaturated/α-hetero) is 1. The quantitative estimate of drug-likeness (QED) is 0.406. The van der Waals surface area contributed by atoms with Crippen LogP contribution in [0, 0.1) is 19.8 Å². The van der Waals surface area contributed by atoms with Crippen LogP contribution in [0.4, 0.5) is 5.82 Å². The zero-order valence-corrected chi connectivity index (χ0v) is 21.1. The van der Waals surface area contributed by atoms with Crippen molar-refractivity contribution in [2.45, 2.75) is 59.8 Å². The van der Waals surface area contributed by atoms with Crippen LogP contribution in [0.5, 0.6) is 0 Å². The van der Waals surface area contributed by atoms with E-state index < -0.39 is 0 Å². The lowest BCUT2D eigenvalue weighted by Gasteiger charge is -2.32. The van der Waals surface area contributed by atoms with Crippen molar-refractivity contribution in [3.63, 3.8) is 0 Å². The van der Waals surface area contributed by atoms with Crippen molar-refractivity contribution in [2.75, 3.05) is 37.6 Å². The maximum atomic E-state index is 12.8. The number of anilines is 1. The standard InChI is InChI=1S/C27H38N6O/c1-5-31(6-2)17-11-10-14-24(34)22-15-18-32(19-16-22)27-26-25(20(3)28-29-27)21(4)33(30-26)23-12-8-7-9-13-23/h7-9,12-13,22H,5-6,10-11,14-19H2,1-4H3. The average molecular weight is 463 g/mol. The summed E-state index contributed by atoms with van der Waals surface area (Å²) in [7, 11) is 0. The van der Waals surface area contributed by atoms with Gasteiger partial charge >= 0.3 is 0 Å². The summed E-state index contributed by atoms with van der Waals surface area (Å²) in [5.41, 5.74) is 3.90. The highest BCUT2D eigenvalue weighted by atomic mass is 16.1. The minimum absolute atomic E-state index is 0.169. The van der Waals surface area contributed by atoms with Crippen LogP contribution in [-0.4, -0.2) is 63.4 Å². The summed E-state index contributed by atoms with van der Waals surface area (Å²) in [5, 5.41) is 15.0. The van der Waals surface area contributed by atoms with Crippen LogP contribution in [0.25, 0.3) is 16.6 Å². The molecule has 0 unspecified atom stereocenters. The molecule has 1 aliphatic rings. The van der Waals surface area contributed by atoms with Gasteiger partial charge in [-0.1, -0.05) is 32.0 Å². The second kappa shape index (κ2) is 11.1. The normalized spacial score (nSPS) is 14.9. The number of benzene rings is 1. The molecule has 4 rings (SSSR count). The lowest BCUT2D eigenvalue weighted by molar-refractivity contribution is -0.123. The molecule has 1 fully saturated rings. The fourth-order valence-electron chi connectivity index (χ4n) is 5.14. The monoisotopic (exact) mass is 462 g/mol. The van der Waals surface area contributed by atoms with Gasteiger partial charge in [-0.05, 0) is 71.3 Å². The number of carbonyl (C=O) groups excluding carboxylic acids is 1. The third-order valence-electron chi connectivity index (χ3n) is 7.28. The number of para-hydroxylation sites is 1. The van der Waals surface area contributed by atoms with Crippen molar-refractivity contribution in [1.29, 1.82) is 0 Å². The van der Waals surface area contributed by atoms with E-state index >= 15 is 0 Å². The van der Waals surface area contributed by atoms with Crippen LogP contribution in [-0.2, 0) is 4.79 Å². The van der Waals surface area contributed by atoms with Gasteiger partial charge in [-0.2, -0.15) is 10.2 Å². The molecule has 0 spiro atoms. The largest absolute Gasteiger partial charge is 0.353 e. The topological polar surface area (TPSA) is 67.2 Å². The van der Waals surface area contributed by atoms with E-state index in [2.05, 4.69) is 52.9 Å². The highest BCUT2D eigenvalue weighted by molar-refractivity contribution is 5.92. The summed E-state index contributed by atoms with van der Waals surface area (Å²) in [4.78, 5) is 17.5. The summed E-state index contributed by atoms with van der Waals surface area (Å²) in [6.45, 7) is 13.4. The Hall–Kier alpha value is -2.80. The van der Waals surface area contributed by atoms with Crippen LogP contribution in [0.15, 0.2) is 30.3 Å². The number of ketones is 1. The Morgan fingerprint density at radius 2 is 1.74 bits per heavy atom. The SMILES string of the molecule is CCN(CC)CCCCC(=O)C1CCN(c2nnc(C)c3c(C)n(-c4ccccc4)nc23)CC1. The lowest BCUT2D eigenvalue weighted by atomic mass is 9.90. The summed E-state index contributed by atoms with van der Waals surface area (Å²) in [6, 6.07) is 10.2. The van der Waals surface area contributed by atoms with Crippen LogP contribution in [0.1, 0.15) is 57.3 Å². The molecule has 2 aromatic heterocycles. The molecule has 3 aromatic rings. The number of hydrogen-bond donors (Lipinski definition) is 0. The zero-order chi connectivity index (χ0) is 24.1. The summed E-state index contributed by atoms with van der Waals surface area (Å²) >= 11 is 0. The number of nitrogens with zero attached hydrogens (tertiary/aromatic N) is 6. The fraction of sp³-hybridized carbons (Fsp3) is 0.556. The molecule has 34 heavy (non-hydrogen) atoms. The molecule has 0 aliphatic carbocycles. The molecular formula is C27H38N6O. The van der Waals surface area contributed by atoms with Crippen LogP contribution >= 0.6 is 0 Å². The zero-order valence-electron chi connectivity index (χ0n) is 21.1. The van der Waals surface area contributed by atoms with Crippen molar-refractivity contribution < 1.29 is 4.79 Å². The van der Waals surface area contributed by atoms with Crippen molar-refractivity contribution in [3.8, 4) is 5.69 Å². The first kappa shape index (κ1) is 24.3. The maximum absolute atomic E-state index is 12.8. The molecular weight excluding hydrogens is 424 g/mol. The van der Waals surface area contributed by atoms with Gasteiger partial charge in [-0.25, -0.2) is 4.68 Å². The number of hydrogen-bond acceptors (Lipinski definition) is 6. The van der Waals surface area contributed by atoms with E-state index in [1.807, 2.05) is 29.8 Å². The van der Waals surface area contributed by atoms with E-state index in [0.29, 0.717) is 12.2 Å². The second-order valence-electron chi connectivity index (χ2n) is 9.38. The molecule has 7 nitrogen and oxygen atoms in total. The molecule has 1 aliphatic heterocycles. The molecule has 0 N–H and O–H groups in total. The van der Waals surface area contributed by atoms with Gasteiger partial charge in [0.15, 0.2) is 5.82 Å². The van der Waals surface area contributed by atoms with Gasteiger partial charge in [0.05, 0.1) is 22.5 Å². The molecule has 182 valence electrons. The number of carbonyl (C=O) groups is 1. The van der Waals surface area contributed by atoms with Crippen LogP contribution in [0.3, 0.4) is 0 Å². The van der Waals surface area contributed by atoms with E-state index in [-0.39, 0.29) is 5.92 Å². The molecule has 0 saturated carbocycles. The first-order valence-electron chi connectivity index (χ1n) is 12.8. The van der Waals surface area contributed by atoms with Gasteiger partial charge in [0.2, 0.25) is 0 Å². The first-order chi connectivity index (χ1) is 16.5. The fourth-order valence-corrected chi connectivity index (χ4v) is 5.14. The third kappa shape index (κ3) is 5.14. The van der Waals surface area contributed by atoms with E-state index in [9.17, 15) is 4.79 Å². The highest BCUT2D eigenvalue weighted by Gasteiger charge is 2.28. The second-order valence-corrected chi connectivity index (χ2v) is 9.38. The number of rotatable bonds is 10. The Kier molecular flexibility index (Phi) is 7.93. The Labute approximate surface area is 203 Å². The third-order valence-corrected chi connectivity index (χ3v) is 7.28. The van der Waals surface area contributed by atoms with Crippen molar-refractivity contribution in [3.05, 3.63) is 41.7 Å². The van der Waals surface area contributed by atoms with E-state index in [0.717, 1.165) is 92.2 Å². The van der Waals surface area contributed by atoms with Crippen LogP contribution < -0.4 is 4.90 Å². The van der Waals surface area contributed by atoms with Gasteiger partial charge < -0.3 is 9.80 Å². The minimum atomic E-state index is 0.169. The number of aryl methyl sites for hydroxylation is 2. The maximum Gasteiger partial charge on any atom is 0.179 e. The molecule has 7 heteroatoms. The Morgan fingerprint density at radius 3 is 2.41 bits per heavy atom. The Morgan fingerprint density at radius 1 is 1.03 bits per heavy atom. The number of piperidine rings is 1. The van der Waals surface area contributed by atoms with Crippen molar-refractivity contribution in [2.24, 2.45) is 5.92 Å². The Bertz CT molecular complexity index is 1100. The van der Waals surface area contributed by atoms with Gasteiger partial charge in [-0.15, -0.1) is 5.10 Å². The average Bonchev–Trinajstić information content (AvgIpc) is 3.23. The van der Waals surface area contributed by atoms with Gasteiger partial charge in [-0.3, -0.25) is 4.79 Å². The van der Waals surface area contributed by atoms with Crippen LogP contribution in [0.2, 0.25) is 0 Å². The van der Waals surface area contributed by atoms with Gasteiger partial charge in [0.1, 0.15) is 11.3 Å². The number of fused-ring (bicyclic) bond motifs is 1. The van der Waals surface area contributed by atoms with E-state index in [1.165, 1.54) is 0 Å². The van der Waals surface area contributed by atoms with Crippen molar-refractivity contribution in [1.82, 2.24) is 24.9 Å². The number of aromatic nitrogens is 4. The summed E-state index contributed by atoms with van der Waals surface area (Å²) in [6.07, 6.45) is 4.57. The molecule has 3 heterocycles. The first-order valence-corrected chi connectivity index (χ1v) is 12.8. The smallest absolute Gasteiger partial charge is 0.179 e. The van der Waals surface area contributed by atoms with Gasteiger partial charge in [0.25, 0.3) is 0 Å². The molecule has 1 saturated heterocycles.